The van der Waals surface area contributed by atoms with Crippen LogP contribution in [0, 0.1) is 5.82 Å². The van der Waals surface area contributed by atoms with Gasteiger partial charge in [0.1, 0.15) is 5.82 Å². The van der Waals surface area contributed by atoms with Crippen LogP contribution in [0.2, 0.25) is 5.02 Å². The Bertz CT molecular complexity index is 685. The molecule has 1 amide bonds. The van der Waals surface area contributed by atoms with Crippen molar-refractivity contribution in [1.29, 1.82) is 0 Å². The lowest BCUT2D eigenvalue weighted by Gasteiger charge is -2.10. The van der Waals surface area contributed by atoms with Crippen molar-refractivity contribution in [2.45, 2.75) is 6.18 Å². The van der Waals surface area contributed by atoms with Crippen LogP contribution in [0.1, 0.15) is 15.9 Å². The van der Waals surface area contributed by atoms with Gasteiger partial charge in [-0.1, -0.05) is 17.7 Å². The SMILES string of the molecule is O=C(Nc1cccc(C(F)(F)F)c1)c1ccc(Cl)cc1F. The van der Waals surface area contributed by atoms with Gasteiger partial charge in [-0.15, -0.1) is 0 Å². The molecule has 0 atom stereocenters. The predicted octanol–water partition coefficient (Wildman–Crippen LogP) is 4.75. The minimum Gasteiger partial charge on any atom is -0.322 e. The molecular weight excluding hydrogens is 310 g/mol. The third-order valence-corrected chi connectivity index (χ3v) is 2.86. The summed E-state index contributed by atoms with van der Waals surface area (Å²) in [6, 6.07) is 7.48. The first-order valence-corrected chi connectivity index (χ1v) is 6.09. The van der Waals surface area contributed by atoms with E-state index >= 15 is 0 Å². The van der Waals surface area contributed by atoms with Crippen molar-refractivity contribution in [2.24, 2.45) is 0 Å². The normalized spacial score (nSPS) is 11.3. The first-order chi connectivity index (χ1) is 9.77. The average Bonchev–Trinajstić information content (AvgIpc) is 2.37. The number of anilines is 1. The zero-order chi connectivity index (χ0) is 15.6. The topological polar surface area (TPSA) is 29.1 Å². The van der Waals surface area contributed by atoms with Gasteiger partial charge >= 0.3 is 6.18 Å². The molecule has 0 saturated heterocycles. The molecule has 0 fully saturated rings. The fraction of sp³-hybridized carbons (Fsp3) is 0.0714. The number of carbonyl (C=O) groups excluding carboxylic acids is 1. The number of hydrogen-bond acceptors (Lipinski definition) is 1. The summed E-state index contributed by atoms with van der Waals surface area (Å²) in [6.45, 7) is 0. The highest BCUT2D eigenvalue weighted by molar-refractivity contribution is 6.30. The van der Waals surface area contributed by atoms with Crippen molar-refractivity contribution >= 4 is 23.2 Å². The van der Waals surface area contributed by atoms with Crippen LogP contribution in [0.4, 0.5) is 23.2 Å². The first-order valence-electron chi connectivity index (χ1n) is 5.71. The molecule has 2 aromatic carbocycles. The van der Waals surface area contributed by atoms with Crippen molar-refractivity contribution in [3.63, 3.8) is 0 Å². The van der Waals surface area contributed by atoms with Crippen LogP contribution in [0.5, 0.6) is 0 Å². The number of hydrogen-bond donors (Lipinski definition) is 1. The summed E-state index contributed by atoms with van der Waals surface area (Å²) in [4.78, 5) is 11.8. The second kappa shape index (κ2) is 5.73. The molecule has 0 saturated carbocycles. The third kappa shape index (κ3) is 3.72. The molecule has 0 unspecified atom stereocenters. The van der Waals surface area contributed by atoms with Crippen LogP contribution in [0.25, 0.3) is 0 Å². The molecule has 110 valence electrons. The van der Waals surface area contributed by atoms with E-state index in [1.165, 1.54) is 12.1 Å². The molecule has 0 aliphatic heterocycles. The minimum absolute atomic E-state index is 0.0795. The molecule has 0 spiro atoms. The number of amides is 1. The van der Waals surface area contributed by atoms with E-state index < -0.39 is 23.5 Å². The van der Waals surface area contributed by atoms with Crippen LogP contribution in [-0.2, 0) is 6.18 Å². The fourth-order valence-electron chi connectivity index (χ4n) is 1.65. The first kappa shape index (κ1) is 15.3. The quantitative estimate of drug-likeness (QED) is 0.796. The molecule has 2 nitrogen and oxygen atoms in total. The van der Waals surface area contributed by atoms with Crippen molar-refractivity contribution in [3.8, 4) is 0 Å². The highest BCUT2D eigenvalue weighted by atomic mass is 35.5. The van der Waals surface area contributed by atoms with Gasteiger partial charge in [0, 0.05) is 10.7 Å². The molecule has 2 aromatic rings. The lowest BCUT2D eigenvalue weighted by atomic mass is 10.1. The van der Waals surface area contributed by atoms with E-state index in [4.69, 9.17) is 11.6 Å². The van der Waals surface area contributed by atoms with Gasteiger partial charge in [-0.25, -0.2) is 4.39 Å². The van der Waals surface area contributed by atoms with Gasteiger partial charge in [0.15, 0.2) is 0 Å². The third-order valence-electron chi connectivity index (χ3n) is 2.62. The Balaban J connectivity index is 2.24. The summed E-state index contributed by atoms with van der Waals surface area (Å²) < 4.78 is 51.2. The van der Waals surface area contributed by atoms with Crippen molar-refractivity contribution < 1.29 is 22.4 Å². The number of rotatable bonds is 2. The van der Waals surface area contributed by atoms with Gasteiger partial charge < -0.3 is 5.32 Å². The lowest BCUT2D eigenvalue weighted by molar-refractivity contribution is -0.137. The number of nitrogens with one attached hydrogen (secondary N) is 1. The standard InChI is InChI=1S/C14H8ClF4NO/c15-9-4-5-11(12(16)7-9)13(21)20-10-3-1-2-8(6-10)14(17,18)19/h1-7H,(H,20,21). The van der Waals surface area contributed by atoms with Crippen molar-refractivity contribution in [3.05, 3.63) is 64.4 Å². The largest absolute Gasteiger partial charge is 0.416 e. The summed E-state index contributed by atoms with van der Waals surface area (Å²) in [5.41, 5.74) is -1.29. The Kier molecular flexibility index (Phi) is 4.18. The predicted molar refractivity (Wildman–Crippen MR) is 70.8 cm³/mol. The maximum absolute atomic E-state index is 13.5. The van der Waals surface area contributed by atoms with Crippen LogP contribution in [0.15, 0.2) is 42.5 Å². The fourth-order valence-corrected chi connectivity index (χ4v) is 1.80. The van der Waals surface area contributed by atoms with Crippen molar-refractivity contribution in [1.82, 2.24) is 0 Å². The second-order valence-corrected chi connectivity index (χ2v) is 4.59. The van der Waals surface area contributed by atoms with E-state index in [0.717, 1.165) is 30.3 Å². The van der Waals surface area contributed by atoms with Gasteiger partial charge in [0.25, 0.3) is 5.91 Å². The molecule has 0 bridgehead atoms. The maximum atomic E-state index is 13.5. The smallest absolute Gasteiger partial charge is 0.322 e. The molecule has 21 heavy (non-hydrogen) atoms. The van der Waals surface area contributed by atoms with E-state index in [-0.39, 0.29) is 16.3 Å². The van der Waals surface area contributed by atoms with Gasteiger partial charge in [-0.3, -0.25) is 4.79 Å². The van der Waals surface area contributed by atoms with Gasteiger partial charge in [-0.2, -0.15) is 13.2 Å². The molecule has 0 aliphatic rings. The van der Waals surface area contributed by atoms with Crippen molar-refractivity contribution in [2.75, 3.05) is 5.32 Å². The molecule has 0 aliphatic carbocycles. The Morgan fingerprint density at radius 3 is 2.43 bits per heavy atom. The van der Waals surface area contributed by atoms with E-state index in [9.17, 15) is 22.4 Å². The Hall–Kier alpha value is -2.08. The summed E-state index contributed by atoms with van der Waals surface area (Å²) in [6.07, 6.45) is -4.52. The monoisotopic (exact) mass is 317 g/mol. The second-order valence-electron chi connectivity index (χ2n) is 4.16. The molecule has 0 aromatic heterocycles. The molecule has 1 N–H and O–H groups in total. The highest BCUT2D eigenvalue weighted by Crippen LogP contribution is 2.30. The molecule has 0 heterocycles. The van der Waals surface area contributed by atoms with E-state index in [0.29, 0.717) is 0 Å². The number of benzene rings is 2. The summed E-state index contributed by atoms with van der Waals surface area (Å²) >= 11 is 5.56. The Morgan fingerprint density at radius 2 is 1.81 bits per heavy atom. The van der Waals surface area contributed by atoms with E-state index in [1.54, 1.807) is 0 Å². The number of alkyl halides is 3. The van der Waals surface area contributed by atoms with Crippen LogP contribution < -0.4 is 5.32 Å². The molecule has 0 radical (unpaired) electrons. The average molecular weight is 318 g/mol. The summed E-state index contributed by atoms with van der Waals surface area (Å²) in [7, 11) is 0. The van der Waals surface area contributed by atoms with Gasteiger partial charge in [0.2, 0.25) is 0 Å². The molecule has 7 heteroatoms. The number of halogens is 5. The highest BCUT2D eigenvalue weighted by Gasteiger charge is 2.30. The summed E-state index contributed by atoms with van der Waals surface area (Å²) in [5, 5.41) is 2.32. The number of carbonyl (C=O) groups is 1. The van der Waals surface area contributed by atoms with Crippen LogP contribution in [0.3, 0.4) is 0 Å². The summed E-state index contributed by atoms with van der Waals surface area (Å²) in [5.74, 6) is -1.71. The Morgan fingerprint density at radius 1 is 1.10 bits per heavy atom. The zero-order valence-corrected chi connectivity index (χ0v) is 11.1. The van der Waals surface area contributed by atoms with E-state index in [2.05, 4.69) is 5.32 Å². The lowest BCUT2D eigenvalue weighted by Crippen LogP contribution is -2.14. The molecular formula is C14H8ClF4NO. The Labute approximate surface area is 122 Å². The van der Waals surface area contributed by atoms with Crippen LogP contribution in [-0.4, -0.2) is 5.91 Å². The van der Waals surface area contributed by atoms with Crippen LogP contribution >= 0.6 is 11.6 Å². The van der Waals surface area contributed by atoms with Gasteiger partial charge in [0.05, 0.1) is 11.1 Å². The van der Waals surface area contributed by atoms with Gasteiger partial charge in [-0.05, 0) is 36.4 Å². The maximum Gasteiger partial charge on any atom is 0.416 e. The zero-order valence-electron chi connectivity index (χ0n) is 10.3. The molecule has 2 rings (SSSR count). The van der Waals surface area contributed by atoms with E-state index in [1.807, 2.05) is 0 Å². The minimum atomic E-state index is -4.52.